The molecule has 9 nitrogen and oxygen atoms in total. The maximum absolute atomic E-state index is 12.8. The van der Waals surface area contributed by atoms with Gasteiger partial charge in [0.25, 0.3) is 5.91 Å². The lowest BCUT2D eigenvalue weighted by Gasteiger charge is -2.36. The van der Waals surface area contributed by atoms with Gasteiger partial charge in [0.15, 0.2) is 6.10 Å². The third kappa shape index (κ3) is 5.38. The van der Waals surface area contributed by atoms with Crippen LogP contribution in [0, 0.1) is 0 Å². The second-order valence-electron chi connectivity index (χ2n) is 8.75. The molecule has 0 N–H and O–H groups in total. The lowest BCUT2D eigenvalue weighted by molar-refractivity contribution is -0.161. The van der Waals surface area contributed by atoms with E-state index < -0.39 is 22.1 Å². The largest absolute Gasteiger partial charge is 0.453 e. The first-order valence-corrected chi connectivity index (χ1v) is 12.9. The van der Waals surface area contributed by atoms with Crippen LogP contribution in [0.25, 0.3) is 11.0 Å². The van der Waals surface area contributed by atoms with Crippen molar-refractivity contribution in [2.75, 3.05) is 20.6 Å². The number of nitrogens with zero attached hydrogens (tertiary/aromatic N) is 4. The second-order valence-corrected chi connectivity index (χ2v) is 10.9. The minimum absolute atomic E-state index is 0.0782. The van der Waals surface area contributed by atoms with Gasteiger partial charge in [0.05, 0.1) is 22.3 Å². The van der Waals surface area contributed by atoms with Crippen molar-refractivity contribution < 1.29 is 22.7 Å². The molecule has 0 saturated carbocycles. The van der Waals surface area contributed by atoms with Crippen LogP contribution in [0.1, 0.15) is 51.8 Å². The summed E-state index contributed by atoms with van der Waals surface area (Å²) in [7, 11) is 1.22. The van der Waals surface area contributed by atoms with Gasteiger partial charge < -0.3 is 14.2 Å². The van der Waals surface area contributed by atoms with Gasteiger partial charge >= 0.3 is 5.97 Å². The Morgan fingerprint density at radius 2 is 2.00 bits per heavy atom. The zero-order chi connectivity index (χ0) is 24.3. The number of benzene rings is 1. The summed E-state index contributed by atoms with van der Waals surface area (Å²) in [5.74, 6) is 0.0542. The van der Waals surface area contributed by atoms with E-state index in [9.17, 15) is 18.0 Å². The van der Waals surface area contributed by atoms with Crippen LogP contribution in [0.5, 0.6) is 0 Å². The lowest BCUT2D eigenvalue weighted by Crippen LogP contribution is -2.48. The number of carbonyl (C=O) groups is 2. The summed E-state index contributed by atoms with van der Waals surface area (Å²) in [6, 6.07) is 5.02. The van der Waals surface area contributed by atoms with Gasteiger partial charge in [-0.2, -0.15) is 0 Å². The fourth-order valence-electron chi connectivity index (χ4n) is 4.29. The molecule has 1 aromatic heterocycles. The molecule has 1 aromatic carbocycles. The number of esters is 1. The predicted octanol–water partition coefficient (Wildman–Crippen LogP) is 2.48. The van der Waals surface area contributed by atoms with E-state index in [0.717, 1.165) is 35.5 Å². The summed E-state index contributed by atoms with van der Waals surface area (Å²) in [6.07, 6.45) is 3.58. The van der Waals surface area contributed by atoms with Crippen molar-refractivity contribution in [3.8, 4) is 0 Å². The van der Waals surface area contributed by atoms with Crippen molar-refractivity contribution in [2.45, 2.75) is 69.4 Å². The Morgan fingerprint density at radius 3 is 2.67 bits per heavy atom. The number of ether oxygens (including phenoxy) is 1. The number of sulfonamides is 1. The van der Waals surface area contributed by atoms with Crippen molar-refractivity contribution >= 4 is 32.9 Å². The topological polar surface area (TPSA) is 102 Å². The maximum atomic E-state index is 12.8. The number of aryl methyl sites for hydroxylation is 2. The van der Waals surface area contributed by atoms with Crippen LogP contribution in [0.4, 0.5) is 0 Å². The van der Waals surface area contributed by atoms with Crippen molar-refractivity contribution in [3.63, 3.8) is 0 Å². The molecular weight excluding hydrogens is 444 g/mol. The smallest absolute Gasteiger partial charge is 0.307 e. The molecule has 3 rings (SSSR count). The monoisotopic (exact) mass is 478 g/mol. The Hall–Kier alpha value is -2.46. The van der Waals surface area contributed by atoms with Gasteiger partial charge in [0, 0.05) is 40.2 Å². The van der Waals surface area contributed by atoms with Crippen LogP contribution >= 0.6 is 0 Å². The fraction of sp³-hybridized carbons (Fsp3) is 0.609. The van der Waals surface area contributed by atoms with Crippen molar-refractivity contribution in [2.24, 2.45) is 7.05 Å². The van der Waals surface area contributed by atoms with E-state index >= 15 is 0 Å². The van der Waals surface area contributed by atoms with E-state index in [1.165, 1.54) is 20.2 Å². The SMILES string of the molecule is CCC1CCCCN1C(=O)C(C)OC(=O)CCc1nc2cc(S(=O)(=O)N(C)C)ccc2n1C. The van der Waals surface area contributed by atoms with Crippen LogP contribution < -0.4 is 0 Å². The molecule has 1 amide bonds. The second kappa shape index (κ2) is 10.2. The highest BCUT2D eigenvalue weighted by Gasteiger charge is 2.30. The summed E-state index contributed by atoms with van der Waals surface area (Å²) < 4.78 is 33.2. The van der Waals surface area contributed by atoms with Gasteiger partial charge in [-0.25, -0.2) is 17.7 Å². The van der Waals surface area contributed by atoms with Crippen LogP contribution in [0.15, 0.2) is 23.1 Å². The van der Waals surface area contributed by atoms with E-state index in [0.29, 0.717) is 24.3 Å². The molecule has 0 aliphatic carbocycles. The molecule has 182 valence electrons. The molecule has 2 unspecified atom stereocenters. The number of carbonyl (C=O) groups excluding carboxylic acids is 2. The number of likely N-dealkylation sites (tertiary alicyclic amines) is 1. The number of hydrogen-bond acceptors (Lipinski definition) is 6. The summed E-state index contributed by atoms with van der Waals surface area (Å²) >= 11 is 0. The van der Waals surface area contributed by atoms with Gasteiger partial charge in [-0.3, -0.25) is 9.59 Å². The molecule has 1 saturated heterocycles. The number of rotatable bonds is 8. The van der Waals surface area contributed by atoms with E-state index in [2.05, 4.69) is 11.9 Å². The molecule has 0 bridgehead atoms. The van der Waals surface area contributed by atoms with E-state index in [1.807, 2.05) is 16.5 Å². The number of imidazole rings is 1. The zero-order valence-corrected chi connectivity index (χ0v) is 20.9. The minimum atomic E-state index is -3.56. The highest BCUT2D eigenvalue weighted by Crippen LogP contribution is 2.23. The van der Waals surface area contributed by atoms with E-state index in [-0.39, 0.29) is 23.3 Å². The third-order valence-corrected chi connectivity index (χ3v) is 8.12. The zero-order valence-electron chi connectivity index (χ0n) is 20.1. The average Bonchev–Trinajstić information content (AvgIpc) is 3.11. The molecule has 1 aliphatic heterocycles. The van der Waals surface area contributed by atoms with Crippen LogP contribution in [-0.4, -0.2) is 71.8 Å². The summed E-state index contributed by atoms with van der Waals surface area (Å²) in [4.78, 5) is 31.8. The lowest BCUT2D eigenvalue weighted by atomic mass is 9.99. The number of aromatic nitrogens is 2. The molecule has 2 heterocycles. The van der Waals surface area contributed by atoms with E-state index in [1.54, 1.807) is 19.1 Å². The van der Waals surface area contributed by atoms with E-state index in [4.69, 9.17) is 4.74 Å². The number of hydrogen-bond donors (Lipinski definition) is 0. The summed E-state index contributed by atoms with van der Waals surface area (Å²) in [5, 5.41) is 0. The summed E-state index contributed by atoms with van der Waals surface area (Å²) in [6.45, 7) is 4.41. The molecule has 1 fully saturated rings. The quantitative estimate of drug-likeness (QED) is 0.540. The highest BCUT2D eigenvalue weighted by molar-refractivity contribution is 7.89. The number of fused-ring (bicyclic) bond motifs is 1. The van der Waals surface area contributed by atoms with Crippen molar-refractivity contribution in [1.29, 1.82) is 0 Å². The Bertz CT molecular complexity index is 1130. The third-order valence-electron chi connectivity index (χ3n) is 6.31. The molecule has 2 aromatic rings. The van der Waals surface area contributed by atoms with Crippen LogP contribution in [0.2, 0.25) is 0 Å². The highest BCUT2D eigenvalue weighted by atomic mass is 32.2. The van der Waals surface area contributed by atoms with Gasteiger partial charge in [0.1, 0.15) is 5.82 Å². The van der Waals surface area contributed by atoms with Crippen molar-refractivity contribution in [3.05, 3.63) is 24.0 Å². The Morgan fingerprint density at radius 1 is 1.27 bits per heavy atom. The maximum Gasteiger partial charge on any atom is 0.307 e. The predicted molar refractivity (Wildman–Crippen MR) is 125 cm³/mol. The molecule has 0 radical (unpaired) electrons. The van der Waals surface area contributed by atoms with Crippen LogP contribution in [0.3, 0.4) is 0 Å². The molecule has 0 spiro atoms. The average molecular weight is 479 g/mol. The fourth-order valence-corrected chi connectivity index (χ4v) is 5.22. The Kier molecular flexibility index (Phi) is 7.79. The Labute approximate surface area is 195 Å². The van der Waals surface area contributed by atoms with Crippen molar-refractivity contribution in [1.82, 2.24) is 18.8 Å². The standard InChI is InChI=1S/C23H34N4O5S/c1-6-17-9-7-8-14-27(17)23(29)16(2)32-22(28)13-12-21-24-19-15-18(33(30,31)25(3)4)10-11-20(19)26(21)5/h10-11,15-17H,6-9,12-14H2,1-5H3. The summed E-state index contributed by atoms with van der Waals surface area (Å²) in [5.41, 5.74) is 1.32. The number of amides is 1. The first-order valence-electron chi connectivity index (χ1n) is 11.4. The molecule has 10 heteroatoms. The Balaban J connectivity index is 1.64. The molecular formula is C23H34N4O5S. The minimum Gasteiger partial charge on any atom is -0.453 e. The molecule has 2 atom stereocenters. The first kappa shape index (κ1) is 25.2. The van der Waals surface area contributed by atoms with Gasteiger partial charge in [-0.1, -0.05) is 6.92 Å². The van der Waals surface area contributed by atoms with Crippen LogP contribution in [-0.2, 0) is 37.8 Å². The molecule has 33 heavy (non-hydrogen) atoms. The van der Waals surface area contributed by atoms with Gasteiger partial charge in [-0.15, -0.1) is 0 Å². The van der Waals surface area contributed by atoms with Gasteiger partial charge in [0.2, 0.25) is 10.0 Å². The normalized spacial score (nSPS) is 18.0. The number of piperidine rings is 1. The molecule has 1 aliphatic rings. The van der Waals surface area contributed by atoms with Gasteiger partial charge in [-0.05, 0) is 50.8 Å². The first-order chi connectivity index (χ1) is 15.6.